The molecule has 0 nitrogen and oxygen atoms in total. The quantitative estimate of drug-likeness (QED) is 0.649. The third-order valence-corrected chi connectivity index (χ3v) is 8.11. The largest absolute Gasteiger partial charge is 1.00 e. The molecular formula is C21H21Zr. The standard InChI is InChI=1S/C18H13.C3H6.Zr.2H/c1-2-7-13(6-1)15-10-5-11-17-16-9-4-3-8-14(16)12-18(15)17;1-3-2;;;/h1-6,8-12H,7H2;1-2H3;;;/q;;+2;2*-1. The van der Waals surface area contributed by atoms with Crippen LogP contribution in [0, 0.1) is 0 Å². The summed E-state index contributed by atoms with van der Waals surface area (Å²) in [7, 11) is 0. The van der Waals surface area contributed by atoms with E-state index in [9.17, 15) is 0 Å². The normalized spacial score (nSPS) is 17.7. The zero-order valence-electron chi connectivity index (χ0n) is 15.1. The van der Waals surface area contributed by atoms with E-state index in [-0.39, 0.29) is 2.85 Å². The molecule has 2 aromatic rings. The molecule has 1 atom stereocenters. The van der Waals surface area contributed by atoms with Crippen molar-refractivity contribution in [3.63, 3.8) is 0 Å². The van der Waals surface area contributed by atoms with Crippen molar-refractivity contribution in [2.24, 2.45) is 0 Å². The van der Waals surface area contributed by atoms with E-state index < -0.39 is 22.8 Å². The first-order chi connectivity index (χ1) is 10.8. The molecule has 4 rings (SSSR count). The van der Waals surface area contributed by atoms with Gasteiger partial charge >= 0.3 is 144 Å². The van der Waals surface area contributed by atoms with Gasteiger partial charge in [0.1, 0.15) is 0 Å². The average Bonchev–Trinajstić information content (AvgIpc) is 3.15. The van der Waals surface area contributed by atoms with Crippen LogP contribution in [-0.2, 0) is 22.8 Å². The molecule has 2 aliphatic carbocycles. The minimum atomic E-state index is -0.591. The maximum atomic E-state index is 2.36. The van der Waals surface area contributed by atoms with Crippen molar-refractivity contribution >= 4 is 8.78 Å². The van der Waals surface area contributed by atoms with Crippen molar-refractivity contribution in [3.8, 4) is 11.1 Å². The molecule has 109 valence electrons. The summed E-state index contributed by atoms with van der Waals surface area (Å²) in [5, 5.41) is 0. The Morgan fingerprint density at radius 1 is 1.00 bits per heavy atom. The fraction of sp³-hybridized carbons (Fsp3) is 0.190. The minimum Gasteiger partial charge on any atom is -1.00 e. The van der Waals surface area contributed by atoms with Gasteiger partial charge in [0.2, 0.25) is 0 Å². The van der Waals surface area contributed by atoms with Gasteiger partial charge in [0.25, 0.3) is 0 Å². The molecule has 0 radical (unpaired) electrons. The summed E-state index contributed by atoms with van der Waals surface area (Å²) in [5.41, 5.74) is 9.12. The molecule has 0 bridgehead atoms. The van der Waals surface area contributed by atoms with Crippen molar-refractivity contribution < 1.29 is 25.6 Å². The van der Waals surface area contributed by atoms with Crippen molar-refractivity contribution in [2.75, 3.05) is 0 Å². The van der Waals surface area contributed by atoms with Gasteiger partial charge < -0.3 is 2.85 Å². The maximum Gasteiger partial charge on any atom is -1.00 e. The average molecular weight is 365 g/mol. The van der Waals surface area contributed by atoms with E-state index >= 15 is 0 Å². The van der Waals surface area contributed by atoms with Crippen molar-refractivity contribution in [1.29, 1.82) is 0 Å². The minimum absolute atomic E-state index is 0. The third-order valence-electron chi connectivity index (χ3n) is 4.51. The van der Waals surface area contributed by atoms with Gasteiger partial charge in [-0.15, -0.1) is 0 Å². The molecule has 0 aromatic heterocycles. The Labute approximate surface area is 146 Å². The zero-order chi connectivity index (χ0) is 15.1. The number of fused-ring (bicyclic) bond motifs is 3. The first-order valence-corrected chi connectivity index (χ1v) is 10.6. The summed E-state index contributed by atoms with van der Waals surface area (Å²) < 4.78 is 2.35. The van der Waals surface area contributed by atoms with E-state index in [1.165, 1.54) is 22.3 Å². The van der Waals surface area contributed by atoms with E-state index in [0.29, 0.717) is 3.63 Å². The molecule has 0 fully saturated rings. The fourth-order valence-electron chi connectivity index (χ4n) is 3.63. The molecule has 0 saturated carbocycles. The SMILES string of the molecule is C[C](C)=[Zr+2][CH]1c2ccccc2-c2cccc(C3=CC=CC3)c21.[H-].[H-]. The summed E-state index contributed by atoms with van der Waals surface area (Å²) in [6.07, 6.45) is 7.84. The number of hydrogen-bond donors (Lipinski definition) is 0. The van der Waals surface area contributed by atoms with E-state index in [1.54, 1.807) is 14.3 Å². The second kappa shape index (κ2) is 5.71. The Kier molecular flexibility index (Phi) is 3.70. The van der Waals surface area contributed by atoms with Crippen LogP contribution in [0.3, 0.4) is 0 Å². The molecule has 22 heavy (non-hydrogen) atoms. The van der Waals surface area contributed by atoms with Gasteiger partial charge in [0, 0.05) is 0 Å². The van der Waals surface area contributed by atoms with E-state index in [2.05, 4.69) is 74.5 Å². The summed E-state index contributed by atoms with van der Waals surface area (Å²) in [6, 6.07) is 15.9. The van der Waals surface area contributed by atoms with Crippen LogP contribution < -0.4 is 0 Å². The van der Waals surface area contributed by atoms with Crippen LogP contribution in [0.15, 0.2) is 60.7 Å². The molecule has 0 spiro atoms. The second-order valence-corrected chi connectivity index (χ2v) is 10.8. The summed E-state index contributed by atoms with van der Waals surface area (Å²) in [4.78, 5) is 0. The molecule has 2 aliphatic rings. The van der Waals surface area contributed by atoms with Gasteiger partial charge in [-0.25, -0.2) is 0 Å². The van der Waals surface area contributed by atoms with E-state index in [0.717, 1.165) is 6.42 Å². The number of benzene rings is 2. The van der Waals surface area contributed by atoms with Gasteiger partial charge in [-0.2, -0.15) is 0 Å². The predicted molar refractivity (Wildman–Crippen MR) is 94.0 cm³/mol. The summed E-state index contributed by atoms with van der Waals surface area (Å²) in [5.74, 6) is 0. The smallest absolute Gasteiger partial charge is 1.00 e. The van der Waals surface area contributed by atoms with Gasteiger partial charge in [0.05, 0.1) is 0 Å². The molecule has 0 aliphatic heterocycles. The Balaban J connectivity index is 0.00000104. The zero-order valence-corrected chi connectivity index (χ0v) is 15.5. The molecule has 0 saturated heterocycles. The number of rotatable bonds is 2. The van der Waals surface area contributed by atoms with Crippen molar-refractivity contribution in [1.82, 2.24) is 0 Å². The Morgan fingerprint density at radius 3 is 2.55 bits per heavy atom. The van der Waals surface area contributed by atoms with Crippen LogP contribution in [0.2, 0.25) is 0 Å². The van der Waals surface area contributed by atoms with Gasteiger partial charge in [-0.1, -0.05) is 0 Å². The van der Waals surface area contributed by atoms with Crippen LogP contribution in [0.4, 0.5) is 0 Å². The Morgan fingerprint density at radius 2 is 1.77 bits per heavy atom. The monoisotopic (exact) mass is 363 g/mol. The van der Waals surface area contributed by atoms with Gasteiger partial charge in [-0.05, 0) is 0 Å². The molecular weight excluding hydrogens is 343 g/mol. The molecule has 2 aromatic carbocycles. The number of allylic oxidation sites excluding steroid dienone is 4. The molecule has 1 heteroatoms. The first-order valence-electron chi connectivity index (χ1n) is 7.90. The fourth-order valence-corrected chi connectivity index (χ4v) is 7.17. The van der Waals surface area contributed by atoms with Gasteiger partial charge in [-0.3, -0.25) is 0 Å². The Hall–Kier alpha value is -1.33. The predicted octanol–water partition coefficient (Wildman–Crippen LogP) is 5.62. The van der Waals surface area contributed by atoms with Crippen LogP contribution in [0.1, 0.15) is 43.4 Å². The topological polar surface area (TPSA) is 0 Å². The van der Waals surface area contributed by atoms with Gasteiger partial charge in [0.15, 0.2) is 0 Å². The molecule has 0 amide bonds. The summed E-state index contributed by atoms with van der Waals surface area (Å²) >= 11 is -0.591. The van der Waals surface area contributed by atoms with Crippen LogP contribution in [0.25, 0.3) is 16.7 Å². The molecule has 0 N–H and O–H groups in total. The molecule has 1 unspecified atom stereocenters. The van der Waals surface area contributed by atoms with Crippen LogP contribution in [0.5, 0.6) is 0 Å². The Bertz CT molecular complexity index is 843. The molecule has 0 heterocycles. The summed E-state index contributed by atoms with van der Waals surface area (Å²) in [6.45, 7) is 4.65. The van der Waals surface area contributed by atoms with Crippen molar-refractivity contribution in [2.45, 2.75) is 23.9 Å². The third kappa shape index (κ3) is 2.27. The number of hydrogen-bond acceptors (Lipinski definition) is 0. The second-order valence-electron chi connectivity index (χ2n) is 6.26. The van der Waals surface area contributed by atoms with E-state index in [4.69, 9.17) is 0 Å². The maximum absolute atomic E-state index is 2.36. The van der Waals surface area contributed by atoms with Crippen LogP contribution in [-0.4, -0.2) is 3.21 Å². The van der Waals surface area contributed by atoms with E-state index in [1.807, 2.05) is 0 Å². The first kappa shape index (κ1) is 14.3. The van der Waals surface area contributed by atoms with Crippen molar-refractivity contribution in [3.05, 3.63) is 77.4 Å². The van der Waals surface area contributed by atoms with Crippen LogP contribution >= 0.6 is 0 Å².